The van der Waals surface area contributed by atoms with Crippen LogP contribution in [0.4, 0.5) is 0 Å². The molecule has 1 amide bonds. The third-order valence-electron chi connectivity index (χ3n) is 3.49. The van der Waals surface area contributed by atoms with Crippen LogP contribution in [0.15, 0.2) is 0 Å². The lowest BCUT2D eigenvalue weighted by Gasteiger charge is -2.46. The Morgan fingerprint density at radius 2 is 2.06 bits per heavy atom. The third kappa shape index (κ3) is 2.63. The molecule has 0 aliphatic heterocycles. The van der Waals surface area contributed by atoms with Gasteiger partial charge in [-0.3, -0.25) is 9.59 Å². The van der Waals surface area contributed by atoms with Gasteiger partial charge in [0.1, 0.15) is 6.54 Å². The van der Waals surface area contributed by atoms with E-state index in [1.54, 1.807) is 0 Å². The zero-order chi connectivity index (χ0) is 13.9. The Hall–Kier alpha value is -1.17. The number of thiocarbonyl (C=S) groups is 1. The zero-order valence-electron chi connectivity index (χ0n) is 11.1. The van der Waals surface area contributed by atoms with Crippen LogP contribution in [0.25, 0.3) is 0 Å². The van der Waals surface area contributed by atoms with Gasteiger partial charge in [0.15, 0.2) is 0 Å². The monoisotopic (exact) mass is 272 g/mol. The molecule has 1 fully saturated rings. The van der Waals surface area contributed by atoms with Gasteiger partial charge in [-0.1, -0.05) is 19.1 Å². The maximum atomic E-state index is 12.5. The Balaban J connectivity index is 2.82. The van der Waals surface area contributed by atoms with E-state index >= 15 is 0 Å². The van der Waals surface area contributed by atoms with Crippen molar-refractivity contribution in [3.05, 3.63) is 0 Å². The summed E-state index contributed by atoms with van der Waals surface area (Å²) in [6.07, 6.45) is 1.33. The lowest BCUT2D eigenvalue weighted by atomic mass is 9.61. The van der Waals surface area contributed by atoms with Crippen LogP contribution in [0.2, 0.25) is 0 Å². The minimum Gasteiger partial charge on any atom is -0.468 e. The zero-order valence-corrected chi connectivity index (χ0v) is 11.9. The predicted molar refractivity (Wildman–Crippen MR) is 71.9 cm³/mol. The van der Waals surface area contributed by atoms with E-state index < -0.39 is 11.4 Å². The van der Waals surface area contributed by atoms with Crippen molar-refractivity contribution in [1.29, 1.82) is 0 Å². The van der Waals surface area contributed by atoms with Crippen molar-refractivity contribution in [2.24, 2.45) is 17.1 Å². The minimum absolute atomic E-state index is 0.0510. The summed E-state index contributed by atoms with van der Waals surface area (Å²) in [7, 11) is 1.30. The van der Waals surface area contributed by atoms with Crippen LogP contribution in [0.5, 0.6) is 0 Å². The molecule has 6 heteroatoms. The summed E-state index contributed by atoms with van der Waals surface area (Å²) in [6, 6.07) is 0. The van der Waals surface area contributed by atoms with Gasteiger partial charge in [0, 0.05) is 6.54 Å². The standard InChI is InChI=1S/C12H20N2O3S/c1-4-14(7-9(15)17-3)11(16)12(10(13)18)5-8(2)6-12/h8H,4-7H2,1-3H3,(H2,13,18). The van der Waals surface area contributed by atoms with Gasteiger partial charge >= 0.3 is 5.97 Å². The number of hydrogen-bond donors (Lipinski definition) is 1. The third-order valence-corrected chi connectivity index (χ3v) is 3.88. The van der Waals surface area contributed by atoms with Gasteiger partial charge < -0.3 is 15.4 Å². The number of hydrogen-bond acceptors (Lipinski definition) is 4. The number of esters is 1. The Bertz CT molecular complexity index is 364. The molecule has 0 atom stereocenters. The average Bonchev–Trinajstić information content (AvgIpc) is 2.29. The molecule has 1 rings (SSSR count). The van der Waals surface area contributed by atoms with Crippen molar-refractivity contribution in [3.63, 3.8) is 0 Å². The van der Waals surface area contributed by atoms with Gasteiger partial charge in [0.25, 0.3) is 0 Å². The molecule has 0 aromatic rings. The number of ether oxygens (including phenoxy) is 1. The molecule has 0 spiro atoms. The summed E-state index contributed by atoms with van der Waals surface area (Å²) in [6.45, 7) is 4.26. The van der Waals surface area contributed by atoms with Gasteiger partial charge in [-0.15, -0.1) is 0 Å². The number of carbonyl (C=O) groups excluding carboxylic acids is 2. The molecule has 1 saturated carbocycles. The Kier molecular flexibility index (Phi) is 4.67. The molecule has 2 N–H and O–H groups in total. The highest BCUT2D eigenvalue weighted by Gasteiger charge is 2.52. The van der Waals surface area contributed by atoms with Crippen LogP contribution in [0.3, 0.4) is 0 Å². The first-order chi connectivity index (χ1) is 8.37. The largest absolute Gasteiger partial charge is 0.468 e. The van der Waals surface area contributed by atoms with E-state index in [1.807, 2.05) is 6.92 Å². The van der Waals surface area contributed by atoms with E-state index in [0.29, 0.717) is 25.3 Å². The number of nitrogens with zero attached hydrogens (tertiary/aromatic N) is 1. The molecule has 0 heterocycles. The SMILES string of the molecule is CCN(CC(=O)OC)C(=O)C1(C(N)=S)CC(C)C1. The molecular formula is C12H20N2O3S. The van der Waals surface area contributed by atoms with E-state index in [9.17, 15) is 9.59 Å². The van der Waals surface area contributed by atoms with Crippen molar-refractivity contribution >= 4 is 29.1 Å². The summed E-state index contributed by atoms with van der Waals surface area (Å²) < 4.78 is 4.58. The Morgan fingerprint density at radius 1 is 1.50 bits per heavy atom. The van der Waals surface area contributed by atoms with E-state index in [4.69, 9.17) is 18.0 Å². The van der Waals surface area contributed by atoms with E-state index in [-0.39, 0.29) is 17.4 Å². The van der Waals surface area contributed by atoms with Crippen LogP contribution in [-0.4, -0.2) is 42.0 Å². The van der Waals surface area contributed by atoms with Gasteiger partial charge in [0.2, 0.25) is 5.91 Å². The maximum Gasteiger partial charge on any atom is 0.325 e. The second-order valence-electron chi connectivity index (χ2n) is 4.86. The highest BCUT2D eigenvalue weighted by Crippen LogP contribution is 2.47. The molecule has 0 radical (unpaired) electrons. The molecule has 0 saturated heterocycles. The molecule has 1 aliphatic rings. The average molecular weight is 272 g/mol. The minimum atomic E-state index is -0.751. The van der Waals surface area contributed by atoms with Crippen molar-refractivity contribution in [2.45, 2.75) is 26.7 Å². The lowest BCUT2D eigenvalue weighted by molar-refractivity contribution is -0.152. The summed E-state index contributed by atoms with van der Waals surface area (Å²) >= 11 is 5.03. The first kappa shape index (κ1) is 14.9. The Morgan fingerprint density at radius 3 is 2.39 bits per heavy atom. The van der Waals surface area contributed by atoms with Crippen molar-refractivity contribution in [1.82, 2.24) is 4.90 Å². The second kappa shape index (κ2) is 5.65. The fraction of sp³-hybridized carbons (Fsp3) is 0.750. The maximum absolute atomic E-state index is 12.5. The number of methoxy groups -OCH3 is 1. The fourth-order valence-electron chi connectivity index (χ4n) is 2.46. The highest BCUT2D eigenvalue weighted by molar-refractivity contribution is 7.80. The molecule has 0 aromatic carbocycles. The number of rotatable bonds is 5. The summed E-state index contributed by atoms with van der Waals surface area (Å²) in [5.74, 6) is -0.149. The molecule has 5 nitrogen and oxygen atoms in total. The van der Waals surface area contributed by atoms with E-state index in [0.717, 1.165) is 0 Å². The molecule has 1 aliphatic carbocycles. The second-order valence-corrected chi connectivity index (χ2v) is 5.30. The molecule has 18 heavy (non-hydrogen) atoms. The van der Waals surface area contributed by atoms with Crippen LogP contribution < -0.4 is 5.73 Å². The topological polar surface area (TPSA) is 72.6 Å². The molecular weight excluding hydrogens is 252 g/mol. The number of amides is 1. The summed E-state index contributed by atoms with van der Waals surface area (Å²) in [4.78, 5) is 25.4. The summed E-state index contributed by atoms with van der Waals surface area (Å²) in [5.41, 5.74) is 4.97. The first-order valence-electron chi connectivity index (χ1n) is 6.03. The predicted octanol–water partition coefficient (Wildman–Crippen LogP) is 0.710. The van der Waals surface area contributed by atoms with E-state index in [1.165, 1.54) is 12.0 Å². The van der Waals surface area contributed by atoms with Crippen LogP contribution in [0, 0.1) is 11.3 Å². The van der Waals surface area contributed by atoms with Gasteiger partial charge in [-0.25, -0.2) is 0 Å². The van der Waals surface area contributed by atoms with Gasteiger partial charge in [0.05, 0.1) is 17.5 Å². The lowest BCUT2D eigenvalue weighted by Crippen LogP contribution is -2.57. The number of likely N-dealkylation sites (N-methyl/N-ethyl adjacent to an activating group) is 1. The van der Waals surface area contributed by atoms with Crippen molar-refractivity contribution < 1.29 is 14.3 Å². The van der Waals surface area contributed by atoms with E-state index in [2.05, 4.69) is 11.7 Å². The quantitative estimate of drug-likeness (QED) is 0.589. The Labute approximate surface area is 113 Å². The van der Waals surface area contributed by atoms with Crippen LogP contribution in [-0.2, 0) is 14.3 Å². The first-order valence-corrected chi connectivity index (χ1v) is 6.44. The fourth-order valence-corrected chi connectivity index (χ4v) is 2.72. The molecule has 102 valence electrons. The highest BCUT2D eigenvalue weighted by atomic mass is 32.1. The smallest absolute Gasteiger partial charge is 0.325 e. The van der Waals surface area contributed by atoms with Gasteiger partial charge in [-0.05, 0) is 25.7 Å². The molecule has 0 unspecified atom stereocenters. The number of carbonyl (C=O) groups is 2. The van der Waals surface area contributed by atoms with Crippen LogP contribution >= 0.6 is 12.2 Å². The number of nitrogens with two attached hydrogens (primary N) is 1. The van der Waals surface area contributed by atoms with Crippen LogP contribution in [0.1, 0.15) is 26.7 Å². The van der Waals surface area contributed by atoms with Crippen molar-refractivity contribution in [2.75, 3.05) is 20.2 Å². The molecule has 0 aromatic heterocycles. The normalized spacial score (nSPS) is 26.1. The van der Waals surface area contributed by atoms with Gasteiger partial charge in [-0.2, -0.15) is 0 Å². The summed E-state index contributed by atoms with van der Waals surface area (Å²) in [5, 5.41) is 0. The molecule has 0 bridgehead atoms. The van der Waals surface area contributed by atoms with Crippen molar-refractivity contribution in [3.8, 4) is 0 Å².